The van der Waals surface area contributed by atoms with Crippen LogP contribution in [0.15, 0.2) is 36.4 Å². The van der Waals surface area contributed by atoms with Crippen LogP contribution in [0.4, 0.5) is 17.1 Å². The lowest BCUT2D eigenvalue weighted by Crippen LogP contribution is -2.30. The number of nitro groups is 2. The third-order valence-corrected chi connectivity index (χ3v) is 4.01. The predicted octanol–water partition coefficient (Wildman–Crippen LogP) is 3.35. The van der Waals surface area contributed by atoms with Gasteiger partial charge < -0.3 is 14.8 Å². The molecule has 0 bridgehead atoms. The topological polar surface area (TPSA) is 151 Å². The Morgan fingerprint density at radius 2 is 1.72 bits per heavy atom. The molecular formula is C17H14ClN3O8. The Morgan fingerprint density at radius 3 is 2.31 bits per heavy atom. The molecule has 1 N–H and O–H groups in total. The zero-order valence-electron chi connectivity index (χ0n) is 15.1. The molecule has 0 radical (unpaired) electrons. The van der Waals surface area contributed by atoms with Gasteiger partial charge in [0.05, 0.1) is 28.6 Å². The van der Waals surface area contributed by atoms with Crippen molar-refractivity contribution in [3.63, 3.8) is 0 Å². The summed E-state index contributed by atoms with van der Waals surface area (Å²) in [5.74, 6) is -1.62. The number of hydrogen-bond donors (Lipinski definition) is 1. The molecule has 2 aromatic rings. The summed E-state index contributed by atoms with van der Waals surface area (Å²) in [6.45, 7) is 1.24. The zero-order chi connectivity index (χ0) is 21.7. The molecular weight excluding hydrogens is 410 g/mol. The molecule has 29 heavy (non-hydrogen) atoms. The highest BCUT2D eigenvalue weighted by Crippen LogP contribution is 2.29. The summed E-state index contributed by atoms with van der Waals surface area (Å²) in [4.78, 5) is 45.0. The minimum Gasteiger partial charge on any atom is -0.496 e. The number of benzene rings is 2. The first-order valence-corrected chi connectivity index (χ1v) is 8.30. The van der Waals surface area contributed by atoms with Crippen molar-refractivity contribution in [3.05, 3.63) is 67.2 Å². The number of carbonyl (C=O) groups excluding carboxylic acids is 2. The van der Waals surface area contributed by atoms with Gasteiger partial charge in [-0.25, -0.2) is 4.79 Å². The molecule has 2 rings (SSSR count). The van der Waals surface area contributed by atoms with Gasteiger partial charge in [0.15, 0.2) is 6.10 Å². The Balaban J connectivity index is 2.14. The standard InChI is InChI=1S/C17H14ClN3O8/c1-9(29-17(23)10-3-5-12(18)14(7-10)20(24)25)16(22)19-13-6-4-11(28-2)8-15(13)21(26)27/h3-9H,1-2H3,(H,19,22). The monoisotopic (exact) mass is 423 g/mol. The molecule has 152 valence electrons. The van der Waals surface area contributed by atoms with Gasteiger partial charge in [0.1, 0.15) is 16.5 Å². The average molecular weight is 424 g/mol. The number of esters is 1. The van der Waals surface area contributed by atoms with Crippen LogP contribution in [-0.4, -0.2) is 34.9 Å². The third kappa shape index (κ3) is 5.17. The number of nitrogens with one attached hydrogen (secondary N) is 1. The lowest BCUT2D eigenvalue weighted by atomic mass is 10.2. The summed E-state index contributed by atoms with van der Waals surface area (Å²) in [5.41, 5.74) is -1.21. The van der Waals surface area contributed by atoms with Crippen molar-refractivity contribution in [1.29, 1.82) is 0 Å². The molecule has 0 aliphatic rings. The van der Waals surface area contributed by atoms with E-state index < -0.39 is 39.2 Å². The van der Waals surface area contributed by atoms with Crippen LogP contribution < -0.4 is 10.1 Å². The van der Waals surface area contributed by atoms with Crippen LogP contribution in [0, 0.1) is 20.2 Å². The molecule has 0 fully saturated rings. The van der Waals surface area contributed by atoms with E-state index in [2.05, 4.69) is 5.32 Å². The van der Waals surface area contributed by atoms with E-state index >= 15 is 0 Å². The van der Waals surface area contributed by atoms with Crippen LogP contribution in [0.25, 0.3) is 0 Å². The highest BCUT2D eigenvalue weighted by molar-refractivity contribution is 6.32. The first-order valence-electron chi connectivity index (χ1n) is 7.92. The van der Waals surface area contributed by atoms with Crippen molar-refractivity contribution in [3.8, 4) is 5.75 Å². The zero-order valence-corrected chi connectivity index (χ0v) is 15.8. The van der Waals surface area contributed by atoms with Crippen molar-refractivity contribution in [2.75, 3.05) is 12.4 Å². The Kier molecular flexibility index (Phi) is 6.67. The second kappa shape index (κ2) is 8.97. The molecule has 1 unspecified atom stereocenters. The van der Waals surface area contributed by atoms with E-state index in [4.69, 9.17) is 21.1 Å². The van der Waals surface area contributed by atoms with E-state index in [9.17, 15) is 29.8 Å². The van der Waals surface area contributed by atoms with Gasteiger partial charge in [0.2, 0.25) is 0 Å². The van der Waals surface area contributed by atoms with Crippen LogP contribution in [0.3, 0.4) is 0 Å². The van der Waals surface area contributed by atoms with E-state index in [0.29, 0.717) is 0 Å². The first-order chi connectivity index (χ1) is 13.6. The lowest BCUT2D eigenvalue weighted by molar-refractivity contribution is -0.384. The number of nitro benzene ring substituents is 2. The number of halogens is 1. The van der Waals surface area contributed by atoms with Crippen molar-refractivity contribution >= 4 is 40.5 Å². The maximum Gasteiger partial charge on any atom is 0.339 e. The minimum atomic E-state index is -1.35. The Bertz CT molecular complexity index is 995. The van der Waals surface area contributed by atoms with E-state index in [1.54, 1.807) is 0 Å². The highest BCUT2D eigenvalue weighted by atomic mass is 35.5. The van der Waals surface area contributed by atoms with Gasteiger partial charge in [-0.05, 0) is 31.2 Å². The molecule has 0 aliphatic carbocycles. The molecule has 0 aliphatic heterocycles. The number of ether oxygens (including phenoxy) is 2. The Labute approximate surface area is 168 Å². The fourth-order valence-electron chi connectivity index (χ4n) is 2.19. The smallest absolute Gasteiger partial charge is 0.339 e. The van der Waals surface area contributed by atoms with Crippen LogP contribution in [0.2, 0.25) is 5.02 Å². The van der Waals surface area contributed by atoms with Gasteiger partial charge in [-0.1, -0.05) is 11.6 Å². The van der Waals surface area contributed by atoms with Crippen LogP contribution in [0.5, 0.6) is 5.75 Å². The van der Waals surface area contributed by atoms with Gasteiger partial charge in [-0.2, -0.15) is 0 Å². The molecule has 0 saturated heterocycles. The Morgan fingerprint density at radius 1 is 1.07 bits per heavy atom. The first kappa shape index (κ1) is 21.6. The summed E-state index contributed by atoms with van der Waals surface area (Å²) in [5, 5.41) is 24.2. The SMILES string of the molecule is COc1ccc(NC(=O)C(C)OC(=O)c2ccc(Cl)c([N+](=O)[O-])c2)c([N+](=O)[O-])c1. The summed E-state index contributed by atoms with van der Waals surface area (Å²) < 4.78 is 9.88. The van der Waals surface area contributed by atoms with E-state index in [1.807, 2.05) is 0 Å². The van der Waals surface area contributed by atoms with Gasteiger partial charge >= 0.3 is 5.97 Å². The molecule has 0 heterocycles. The second-order valence-corrected chi connectivity index (χ2v) is 6.01. The molecule has 1 amide bonds. The quantitative estimate of drug-likeness (QED) is 0.404. The van der Waals surface area contributed by atoms with Gasteiger partial charge in [0, 0.05) is 6.07 Å². The number of hydrogen-bond acceptors (Lipinski definition) is 8. The van der Waals surface area contributed by atoms with Crippen molar-refractivity contribution in [2.24, 2.45) is 0 Å². The number of rotatable bonds is 7. The third-order valence-electron chi connectivity index (χ3n) is 3.69. The molecule has 11 nitrogen and oxygen atoms in total. The highest BCUT2D eigenvalue weighted by Gasteiger charge is 2.24. The van der Waals surface area contributed by atoms with Gasteiger partial charge in [-0.3, -0.25) is 25.0 Å². The Hall–Kier alpha value is -3.73. The number of amides is 1. The van der Waals surface area contributed by atoms with Crippen LogP contribution in [0.1, 0.15) is 17.3 Å². The van der Waals surface area contributed by atoms with Crippen molar-refractivity contribution in [2.45, 2.75) is 13.0 Å². The summed E-state index contributed by atoms with van der Waals surface area (Å²) >= 11 is 5.68. The molecule has 1 atom stereocenters. The molecule has 12 heteroatoms. The van der Waals surface area contributed by atoms with Crippen LogP contribution >= 0.6 is 11.6 Å². The number of anilines is 1. The number of methoxy groups -OCH3 is 1. The predicted molar refractivity (Wildman–Crippen MR) is 101 cm³/mol. The number of carbonyl (C=O) groups is 2. The van der Waals surface area contributed by atoms with Gasteiger partial charge in [0.25, 0.3) is 17.3 Å². The summed E-state index contributed by atoms with van der Waals surface area (Å²) in [6.07, 6.45) is -1.35. The van der Waals surface area contributed by atoms with Crippen molar-refractivity contribution in [1.82, 2.24) is 0 Å². The largest absolute Gasteiger partial charge is 0.496 e. The van der Waals surface area contributed by atoms with E-state index in [1.165, 1.54) is 32.2 Å². The molecule has 2 aromatic carbocycles. The van der Waals surface area contributed by atoms with Gasteiger partial charge in [-0.15, -0.1) is 0 Å². The minimum absolute atomic E-state index is 0.120. The normalized spacial score (nSPS) is 11.3. The maximum atomic E-state index is 12.3. The molecule has 0 aromatic heterocycles. The van der Waals surface area contributed by atoms with Crippen molar-refractivity contribution < 1.29 is 28.9 Å². The molecule has 0 spiro atoms. The summed E-state index contributed by atoms with van der Waals surface area (Å²) in [7, 11) is 1.33. The number of nitrogens with zero attached hydrogens (tertiary/aromatic N) is 2. The second-order valence-electron chi connectivity index (χ2n) is 5.60. The van der Waals surface area contributed by atoms with E-state index in [0.717, 1.165) is 18.2 Å². The van der Waals surface area contributed by atoms with Crippen LogP contribution in [-0.2, 0) is 9.53 Å². The fourth-order valence-corrected chi connectivity index (χ4v) is 2.38. The molecule has 0 saturated carbocycles. The lowest BCUT2D eigenvalue weighted by Gasteiger charge is -2.14. The van der Waals surface area contributed by atoms with E-state index in [-0.39, 0.29) is 22.0 Å². The summed E-state index contributed by atoms with van der Waals surface area (Å²) in [6, 6.07) is 7.08. The maximum absolute atomic E-state index is 12.3. The fraction of sp³-hybridized carbons (Fsp3) is 0.176. The average Bonchev–Trinajstić information content (AvgIpc) is 2.67.